The Morgan fingerprint density at radius 2 is 2.40 bits per heavy atom. The molecule has 0 saturated heterocycles. The van der Waals surface area contributed by atoms with E-state index in [1.807, 2.05) is 20.1 Å². The summed E-state index contributed by atoms with van der Waals surface area (Å²) in [5.74, 6) is 1.86. The van der Waals surface area contributed by atoms with E-state index in [2.05, 4.69) is 15.6 Å². The molecule has 1 heterocycles. The van der Waals surface area contributed by atoms with Crippen molar-refractivity contribution in [1.82, 2.24) is 10.6 Å². The van der Waals surface area contributed by atoms with Gasteiger partial charge in [-0.1, -0.05) is 13.8 Å². The molecule has 0 aromatic heterocycles. The summed E-state index contributed by atoms with van der Waals surface area (Å²) in [7, 11) is 0. The first-order valence-electron chi connectivity index (χ1n) is 5.21. The van der Waals surface area contributed by atoms with Crippen molar-refractivity contribution in [2.24, 2.45) is 10.9 Å². The summed E-state index contributed by atoms with van der Waals surface area (Å²) in [6.45, 7) is 5.75. The number of ketones is 1. The second-order valence-electron chi connectivity index (χ2n) is 3.92. The minimum Gasteiger partial charge on any atom is -0.355 e. The number of guanidine groups is 1. The molecular weight excluding hydrogens is 210 g/mol. The van der Waals surface area contributed by atoms with Crippen LogP contribution in [0.2, 0.25) is 0 Å². The van der Waals surface area contributed by atoms with Gasteiger partial charge in [0.05, 0.1) is 18.3 Å². The van der Waals surface area contributed by atoms with E-state index < -0.39 is 0 Å². The van der Waals surface area contributed by atoms with Gasteiger partial charge in [0, 0.05) is 6.54 Å². The highest BCUT2D eigenvalue weighted by atomic mass is 32.2. The van der Waals surface area contributed by atoms with Crippen LogP contribution in [0.4, 0.5) is 0 Å². The number of hydrogen-bond donors (Lipinski definition) is 2. The quantitative estimate of drug-likeness (QED) is 0.720. The lowest BCUT2D eigenvalue weighted by molar-refractivity contribution is -0.119. The molecule has 0 spiro atoms. The van der Waals surface area contributed by atoms with Crippen LogP contribution < -0.4 is 10.6 Å². The molecule has 1 rings (SSSR count). The first-order chi connectivity index (χ1) is 7.15. The van der Waals surface area contributed by atoms with Crippen LogP contribution >= 0.6 is 11.8 Å². The minimum atomic E-state index is -0.123. The van der Waals surface area contributed by atoms with Crippen LogP contribution in [0.25, 0.3) is 0 Å². The van der Waals surface area contributed by atoms with Gasteiger partial charge in [-0.3, -0.25) is 9.79 Å². The van der Waals surface area contributed by atoms with Crippen molar-refractivity contribution in [3.05, 3.63) is 0 Å². The molecule has 1 aliphatic rings. The van der Waals surface area contributed by atoms with Gasteiger partial charge in [0.25, 0.3) is 0 Å². The van der Waals surface area contributed by atoms with Gasteiger partial charge in [0.1, 0.15) is 0 Å². The zero-order valence-electron chi connectivity index (χ0n) is 9.54. The fourth-order valence-corrected chi connectivity index (χ4v) is 1.96. The van der Waals surface area contributed by atoms with Crippen molar-refractivity contribution < 1.29 is 4.79 Å². The number of carbonyl (C=O) groups excluding carboxylic acids is 1. The largest absolute Gasteiger partial charge is 0.355 e. The Bertz CT molecular complexity index is 253. The number of hydrogen-bond acceptors (Lipinski definition) is 5. The molecule has 2 N–H and O–H groups in total. The highest BCUT2D eigenvalue weighted by Crippen LogP contribution is 2.06. The Morgan fingerprint density at radius 3 is 2.87 bits per heavy atom. The predicted molar refractivity (Wildman–Crippen MR) is 65.5 cm³/mol. The van der Waals surface area contributed by atoms with Crippen molar-refractivity contribution in [3.63, 3.8) is 0 Å². The number of carbonyl (C=O) groups is 1. The van der Waals surface area contributed by atoms with Gasteiger partial charge in [-0.05, 0) is 12.2 Å². The smallest absolute Gasteiger partial charge is 0.191 e. The zero-order chi connectivity index (χ0) is 11.3. The molecule has 0 radical (unpaired) electrons. The first kappa shape index (κ1) is 12.4. The summed E-state index contributed by atoms with van der Waals surface area (Å²) in [5.41, 5.74) is 0. The normalized spacial score (nSPS) is 17.2. The molecule has 0 unspecified atom stereocenters. The second kappa shape index (κ2) is 6.00. The summed E-state index contributed by atoms with van der Waals surface area (Å²) >= 11 is 1.56. The number of aliphatic imine (C=N–C) groups is 1. The summed E-state index contributed by atoms with van der Waals surface area (Å²) < 4.78 is 0. The number of rotatable bonds is 5. The molecular formula is C10H19N3OS. The average molecular weight is 229 g/mol. The topological polar surface area (TPSA) is 53.5 Å². The van der Waals surface area contributed by atoms with Crippen molar-refractivity contribution in [2.75, 3.05) is 25.1 Å². The van der Waals surface area contributed by atoms with E-state index >= 15 is 0 Å². The zero-order valence-corrected chi connectivity index (χ0v) is 10.4. The van der Waals surface area contributed by atoms with E-state index in [0.717, 1.165) is 19.0 Å². The molecule has 1 atom stereocenters. The lowest BCUT2D eigenvalue weighted by atomic mass is 10.0. The SMILES string of the molecule is CSCC(=O)[C@H](NC1=NCCN1)C(C)C. The van der Waals surface area contributed by atoms with E-state index in [1.54, 1.807) is 11.8 Å². The lowest BCUT2D eigenvalue weighted by Crippen LogP contribution is -2.48. The van der Waals surface area contributed by atoms with Crippen LogP contribution in [-0.2, 0) is 4.79 Å². The molecule has 1 aliphatic heterocycles. The molecule has 0 aromatic rings. The Kier molecular flexibility index (Phi) is 4.94. The van der Waals surface area contributed by atoms with E-state index in [9.17, 15) is 4.79 Å². The monoisotopic (exact) mass is 229 g/mol. The first-order valence-corrected chi connectivity index (χ1v) is 6.61. The van der Waals surface area contributed by atoms with Crippen molar-refractivity contribution in [2.45, 2.75) is 19.9 Å². The Morgan fingerprint density at radius 1 is 1.67 bits per heavy atom. The van der Waals surface area contributed by atoms with E-state index in [0.29, 0.717) is 5.75 Å². The van der Waals surface area contributed by atoms with Crippen molar-refractivity contribution >= 4 is 23.5 Å². The fourth-order valence-electron chi connectivity index (χ4n) is 1.49. The van der Waals surface area contributed by atoms with E-state index in [-0.39, 0.29) is 17.7 Å². The number of nitrogens with one attached hydrogen (secondary N) is 2. The van der Waals surface area contributed by atoms with Gasteiger partial charge in [-0.25, -0.2) is 0 Å². The third-order valence-electron chi connectivity index (χ3n) is 2.27. The molecule has 4 nitrogen and oxygen atoms in total. The molecule has 0 saturated carbocycles. The van der Waals surface area contributed by atoms with E-state index in [4.69, 9.17) is 0 Å². The number of thioether (sulfide) groups is 1. The van der Waals surface area contributed by atoms with Crippen molar-refractivity contribution in [1.29, 1.82) is 0 Å². The van der Waals surface area contributed by atoms with Crippen LogP contribution in [0.3, 0.4) is 0 Å². The molecule has 0 aliphatic carbocycles. The molecule has 15 heavy (non-hydrogen) atoms. The average Bonchev–Trinajstić information content (AvgIpc) is 2.66. The molecule has 0 fully saturated rings. The number of nitrogens with zero attached hydrogens (tertiary/aromatic N) is 1. The van der Waals surface area contributed by atoms with Gasteiger partial charge in [-0.15, -0.1) is 0 Å². The third-order valence-corrected chi connectivity index (χ3v) is 2.84. The molecule has 0 bridgehead atoms. The molecule has 5 heteroatoms. The molecule has 0 amide bonds. The Labute approximate surface area is 95.3 Å². The van der Waals surface area contributed by atoms with Crippen LogP contribution in [0.15, 0.2) is 4.99 Å². The maximum Gasteiger partial charge on any atom is 0.191 e. The van der Waals surface area contributed by atoms with Gasteiger partial charge in [0.15, 0.2) is 11.7 Å². The maximum absolute atomic E-state index is 11.8. The van der Waals surface area contributed by atoms with Crippen LogP contribution in [0.1, 0.15) is 13.8 Å². The van der Waals surface area contributed by atoms with Crippen LogP contribution in [0.5, 0.6) is 0 Å². The molecule has 86 valence electrons. The van der Waals surface area contributed by atoms with Crippen LogP contribution in [-0.4, -0.2) is 42.9 Å². The second-order valence-corrected chi connectivity index (χ2v) is 4.79. The number of Topliss-reactive ketones (excluding diaryl/α,β-unsaturated/α-hetero) is 1. The van der Waals surface area contributed by atoms with Crippen molar-refractivity contribution in [3.8, 4) is 0 Å². The van der Waals surface area contributed by atoms with Gasteiger partial charge in [0.2, 0.25) is 0 Å². The predicted octanol–water partition coefficient (Wildman–Crippen LogP) is 0.492. The summed E-state index contributed by atoms with van der Waals surface area (Å²) in [6, 6.07) is -0.123. The summed E-state index contributed by atoms with van der Waals surface area (Å²) in [6.07, 6.45) is 1.95. The van der Waals surface area contributed by atoms with Gasteiger partial charge >= 0.3 is 0 Å². The Balaban J connectivity index is 2.53. The maximum atomic E-state index is 11.8. The standard InChI is InChI=1S/C10H19N3OS/c1-7(2)9(8(14)6-15-3)13-10-11-4-5-12-10/h7,9H,4-6H2,1-3H3,(H2,11,12,13)/t9-/m1/s1. The fraction of sp³-hybridized carbons (Fsp3) is 0.800. The third kappa shape index (κ3) is 3.74. The van der Waals surface area contributed by atoms with Crippen LogP contribution in [0, 0.1) is 5.92 Å². The van der Waals surface area contributed by atoms with E-state index in [1.165, 1.54) is 0 Å². The van der Waals surface area contributed by atoms with Gasteiger partial charge < -0.3 is 10.6 Å². The Hall–Kier alpha value is -0.710. The van der Waals surface area contributed by atoms with Gasteiger partial charge in [-0.2, -0.15) is 11.8 Å². The molecule has 0 aromatic carbocycles. The highest BCUT2D eigenvalue weighted by Gasteiger charge is 2.23. The summed E-state index contributed by atoms with van der Waals surface area (Å²) in [4.78, 5) is 16.0. The summed E-state index contributed by atoms with van der Waals surface area (Å²) in [5, 5.41) is 6.29. The lowest BCUT2D eigenvalue weighted by Gasteiger charge is -2.21. The minimum absolute atomic E-state index is 0.123. The highest BCUT2D eigenvalue weighted by molar-refractivity contribution is 7.99.